The number of aromatic nitrogens is 5. The molecule has 28 heavy (non-hydrogen) atoms. The maximum atomic E-state index is 13.0. The molecule has 0 saturated carbocycles. The van der Waals surface area contributed by atoms with Crippen LogP contribution in [-0.2, 0) is 0 Å². The first-order valence-corrected chi connectivity index (χ1v) is 9.10. The van der Waals surface area contributed by atoms with Crippen molar-refractivity contribution in [3.8, 4) is 16.8 Å². The highest BCUT2D eigenvalue weighted by molar-refractivity contribution is 6.30. The van der Waals surface area contributed by atoms with Crippen molar-refractivity contribution >= 4 is 28.3 Å². The predicted molar refractivity (Wildman–Crippen MR) is 109 cm³/mol. The summed E-state index contributed by atoms with van der Waals surface area (Å²) in [7, 11) is 0. The van der Waals surface area contributed by atoms with Gasteiger partial charge in [0.1, 0.15) is 5.52 Å². The van der Waals surface area contributed by atoms with Crippen molar-refractivity contribution in [1.82, 2.24) is 24.4 Å². The summed E-state index contributed by atoms with van der Waals surface area (Å²) < 4.78 is 3.19. The van der Waals surface area contributed by atoms with E-state index in [4.69, 9.17) is 11.6 Å². The van der Waals surface area contributed by atoms with Gasteiger partial charge in [0.15, 0.2) is 11.2 Å². The van der Waals surface area contributed by atoms with Gasteiger partial charge in [-0.1, -0.05) is 48.0 Å². The lowest BCUT2D eigenvalue weighted by atomic mass is 10.1. The maximum Gasteiger partial charge on any atom is 0.285 e. The molecular weight excluding hydrogens is 374 g/mol. The van der Waals surface area contributed by atoms with Gasteiger partial charge in [-0.2, -0.15) is 5.10 Å². The van der Waals surface area contributed by atoms with Crippen LogP contribution in [0.3, 0.4) is 0 Å². The second-order valence-corrected chi connectivity index (χ2v) is 6.90. The van der Waals surface area contributed by atoms with Crippen molar-refractivity contribution in [3.63, 3.8) is 0 Å². The SMILES string of the molecule is Cc1nn2c(nnc3c(=O)n(-c4cccc(Cl)c4)ccc32)c1-c1ccccc1. The van der Waals surface area contributed by atoms with E-state index < -0.39 is 0 Å². The van der Waals surface area contributed by atoms with E-state index in [2.05, 4.69) is 15.3 Å². The summed E-state index contributed by atoms with van der Waals surface area (Å²) in [6.07, 6.45) is 1.71. The Morgan fingerprint density at radius 1 is 0.964 bits per heavy atom. The Hall–Kier alpha value is -3.51. The number of rotatable bonds is 2. The molecule has 0 aliphatic rings. The number of hydrogen-bond donors (Lipinski definition) is 0. The minimum atomic E-state index is -0.274. The van der Waals surface area contributed by atoms with E-state index in [0.717, 1.165) is 16.8 Å². The lowest BCUT2D eigenvalue weighted by molar-refractivity contribution is 0.905. The molecule has 0 aliphatic heterocycles. The lowest BCUT2D eigenvalue weighted by Gasteiger charge is -2.07. The van der Waals surface area contributed by atoms with Gasteiger partial charge < -0.3 is 0 Å². The van der Waals surface area contributed by atoms with Crippen LogP contribution < -0.4 is 5.56 Å². The number of halogens is 1. The van der Waals surface area contributed by atoms with Crippen molar-refractivity contribution in [2.75, 3.05) is 0 Å². The Labute approximate surface area is 164 Å². The van der Waals surface area contributed by atoms with E-state index >= 15 is 0 Å². The lowest BCUT2D eigenvalue weighted by Crippen LogP contribution is -2.20. The third-order valence-corrected chi connectivity index (χ3v) is 4.94. The third kappa shape index (κ3) is 2.50. The van der Waals surface area contributed by atoms with Gasteiger partial charge in [-0.15, -0.1) is 10.2 Å². The Morgan fingerprint density at radius 2 is 1.79 bits per heavy atom. The van der Waals surface area contributed by atoms with Crippen molar-refractivity contribution in [2.24, 2.45) is 0 Å². The molecule has 5 rings (SSSR count). The van der Waals surface area contributed by atoms with Gasteiger partial charge in [-0.3, -0.25) is 9.36 Å². The van der Waals surface area contributed by atoms with Crippen LogP contribution in [0.25, 0.3) is 33.5 Å². The molecule has 0 saturated heterocycles. The topological polar surface area (TPSA) is 65.1 Å². The molecule has 6 nitrogen and oxygen atoms in total. The quantitative estimate of drug-likeness (QED) is 0.458. The van der Waals surface area contributed by atoms with E-state index in [1.807, 2.05) is 49.4 Å². The van der Waals surface area contributed by atoms with E-state index in [0.29, 0.717) is 21.9 Å². The maximum absolute atomic E-state index is 13.0. The average Bonchev–Trinajstić information content (AvgIpc) is 3.05. The summed E-state index contributed by atoms with van der Waals surface area (Å²) >= 11 is 6.06. The number of fused-ring (bicyclic) bond motifs is 3. The van der Waals surface area contributed by atoms with E-state index in [-0.39, 0.29) is 11.1 Å². The first kappa shape index (κ1) is 16.6. The first-order valence-electron chi connectivity index (χ1n) is 8.72. The van der Waals surface area contributed by atoms with Crippen LogP contribution in [0.4, 0.5) is 0 Å². The third-order valence-electron chi connectivity index (χ3n) is 4.70. The number of benzene rings is 2. The largest absolute Gasteiger partial charge is 0.285 e. The first-order chi connectivity index (χ1) is 13.6. The normalized spacial score (nSPS) is 11.4. The molecule has 2 aromatic carbocycles. The zero-order valence-corrected chi connectivity index (χ0v) is 15.6. The Morgan fingerprint density at radius 3 is 2.57 bits per heavy atom. The Balaban J connectivity index is 1.79. The summed E-state index contributed by atoms with van der Waals surface area (Å²) in [4.78, 5) is 13.0. The van der Waals surface area contributed by atoms with Crippen molar-refractivity contribution in [3.05, 3.63) is 87.9 Å². The highest BCUT2D eigenvalue weighted by Gasteiger charge is 2.17. The smallest absolute Gasteiger partial charge is 0.282 e. The number of nitrogens with zero attached hydrogens (tertiary/aromatic N) is 5. The molecule has 5 aromatic rings. The monoisotopic (exact) mass is 387 g/mol. The molecule has 0 atom stereocenters. The van der Waals surface area contributed by atoms with Crippen LogP contribution in [0.5, 0.6) is 0 Å². The van der Waals surface area contributed by atoms with Gasteiger partial charge in [-0.05, 0) is 36.8 Å². The summed E-state index contributed by atoms with van der Waals surface area (Å²) in [5.74, 6) is 0. The minimum Gasteiger partial charge on any atom is -0.282 e. The Kier molecular flexibility index (Phi) is 3.74. The van der Waals surface area contributed by atoms with Crippen LogP contribution >= 0.6 is 11.6 Å². The van der Waals surface area contributed by atoms with Crippen molar-refractivity contribution < 1.29 is 0 Å². The number of hydrogen-bond acceptors (Lipinski definition) is 4. The predicted octanol–water partition coefficient (Wildman–Crippen LogP) is 4.06. The van der Waals surface area contributed by atoms with Crippen molar-refractivity contribution in [1.29, 1.82) is 0 Å². The molecule has 0 aliphatic carbocycles. The summed E-state index contributed by atoms with van der Waals surface area (Å²) in [6.45, 7) is 1.93. The standard InChI is InChI=1S/C21H14ClN5O/c1-13-18(14-6-3-2-4-7-14)20-24-23-19-17(27(20)25-13)10-11-26(21(19)28)16-9-5-8-15(22)12-16/h2-12H,1H3. The fourth-order valence-electron chi connectivity index (χ4n) is 3.43. The molecule has 0 N–H and O–H groups in total. The van der Waals surface area contributed by atoms with Crippen LogP contribution in [-0.4, -0.2) is 24.4 Å². The highest BCUT2D eigenvalue weighted by atomic mass is 35.5. The Bertz CT molecular complexity index is 1410. The van der Waals surface area contributed by atoms with E-state index in [9.17, 15) is 4.79 Å². The fraction of sp³-hybridized carbons (Fsp3) is 0.0476. The molecule has 0 amide bonds. The second-order valence-electron chi connectivity index (χ2n) is 6.47. The van der Waals surface area contributed by atoms with Crippen molar-refractivity contribution in [2.45, 2.75) is 6.92 Å². The van der Waals surface area contributed by atoms with Crippen LogP contribution in [0.15, 0.2) is 71.7 Å². The molecule has 3 aromatic heterocycles. The molecule has 0 bridgehead atoms. The fourth-order valence-corrected chi connectivity index (χ4v) is 3.61. The second kappa shape index (κ2) is 6.28. The van der Waals surface area contributed by atoms with Gasteiger partial charge in [0.05, 0.1) is 16.9 Å². The molecule has 0 radical (unpaired) electrons. The molecule has 3 heterocycles. The highest BCUT2D eigenvalue weighted by Crippen LogP contribution is 2.27. The molecular formula is C21H14ClN5O. The van der Waals surface area contributed by atoms with Gasteiger partial charge in [0.2, 0.25) is 0 Å². The van der Waals surface area contributed by atoms with Gasteiger partial charge in [0, 0.05) is 11.2 Å². The molecule has 7 heteroatoms. The summed E-state index contributed by atoms with van der Waals surface area (Å²) in [5.41, 5.74) is 4.62. The molecule has 0 fully saturated rings. The minimum absolute atomic E-state index is 0.247. The van der Waals surface area contributed by atoms with Gasteiger partial charge in [-0.25, -0.2) is 4.52 Å². The number of pyridine rings is 1. The van der Waals surface area contributed by atoms with Crippen LogP contribution in [0, 0.1) is 6.92 Å². The summed E-state index contributed by atoms with van der Waals surface area (Å²) in [5, 5.41) is 13.7. The number of aryl methyl sites for hydroxylation is 1. The molecule has 0 unspecified atom stereocenters. The summed E-state index contributed by atoms with van der Waals surface area (Å²) in [6, 6.07) is 18.8. The van der Waals surface area contributed by atoms with Gasteiger partial charge >= 0.3 is 0 Å². The zero-order valence-electron chi connectivity index (χ0n) is 14.9. The van der Waals surface area contributed by atoms with E-state index in [1.54, 1.807) is 28.9 Å². The van der Waals surface area contributed by atoms with Gasteiger partial charge in [0.25, 0.3) is 5.56 Å². The zero-order chi connectivity index (χ0) is 19.3. The van der Waals surface area contributed by atoms with Crippen LogP contribution in [0.2, 0.25) is 5.02 Å². The van der Waals surface area contributed by atoms with Crippen LogP contribution in [0.1, 0.15) is 5.69 Å². The van der Waals surface area contributed by atoms with E-state index in [1.165, 1.54) is 4.57 Å². The molecule has 136 valence electrons. The molecule has 0 spiro atoms. The average molecular weight is 388 g/mol.